The lowest BCUT2D eigenvalue weighted by molar-refractivity contribution is -0.139. The van der Waals surface area contributed by atoms with Crippen molar-refractivity contribution in [1.82, 2.24) is 5.32 Å². The van der Waals surface area contributed by atoms with Crippen molar-refractivity contribution in [3.05, 3.63) is 83.4 Å². The molecule has 1 heterocycles. The molecular weight excluding hydrogens is 434 g/mol. The summed E-state index contributed by atoms with van der Waals surface area (Å²) in [7, 11) is 0. The first kappa shape index (κ1) is 21.8. The number of carbonyl (C=O) groups is 2. The van der Waals surface area contributed by atoms with E-state index in [4.69, 9.17) is 14.2 Å². The quantitative estimate of drug-likeness (QED) is 0.554. The van der Waals surface area contributed by atoms with E-state index in [1.807, 2.05) is 36.4 Å². The number of rotatable bonds is 6. The van der Waals surface area contributed by atoms with E-state index in [-0.39, 0.29) is 18.9 Å². The second-order valence-corrected chi connectivity index (χ2v) is 8.95. The lowest BCUT2D eigenvalue weighted by atomic mass is 9.98. The second kappa shape index (κ2) is 8.41. The molecule has 5 rings (SSSR count). The zero-order valence-corrected chi connectivity index (χ0v) is 18.9. The van der Waals surface area contributed by atoms with Gasteiger partial charge >= 0.3 is 12.1 Å². The van der Waals surface area contributed by atoms with Crippen LogP contribution in [0.4, 0.5) is 4.79 Å². The Bertz CT molecular complexity index is 1220. The van der Waals surface area contributed by atoms with E-state index in [2.05, 4.69) is 17.4 Å². The minimum absolute atomic E-state index is 0.0800. The molecule has 3 aromatic carbocycles. The van der Waals surface area contributed by atoms with Crippen LogP contribution in [0.3, 0.4) is 0 Å². The van der Waals surface area contributed by atoms with Crippen LogP contribution in [-0.2, 0) is 16.0 Å². The lowest BCUT2D eigenvalue weighted by Crippen LogP contribution is -2.42. The highest BCUT2D eigenvalue weighted by Crippen LogP contribution is 2.44. The Balaban J connectivity index is 1.25. The first-order valence-electron chi connectivity index (χ1n) is 11.2. The second-order valence-electron chi connectivity index (χ2n) is 8.95. The minimum Gasteiger partial charge on any atom is -0.480 e. The van der Waals surface area contributed by atoms with Gasteiger partial charge < -0.3 is 24.6 Å². The fraction of sp³-hybridized carbons (Fsp3) is 0.259. The molecule has 0 bridgehead atoms. The summed E-state index contributed by atoms with van der Waals surface area (Å²) in [6.45, 7) is 3.71. The Labute approximate surface area is 197 Å². The number of alkyl carbamates (subject to hydrolysis) is 1. The van der Waals surface area contributed by atoms with Crippen molar-refractivity contribution < 1.29 is 28.9 Å². The zero-order valence-electron chi connectivity index (χ0n) is 18.9. The molecule has 0 radical (unpaired) electrons. The molecule has 1 aliphatic carbocycles. The first-order valence-corrected chi connectivity index (χ1v) is 11.2. The van der Waals surface area contributed by atoms with Gasteiger partial charge in [0.15, 0.2) is 11.5 Å². The van der Waals surface area contributed by atoms with Crippen LogP contribution in [0.1, 0.15) is 36.5 Å². The van der Waals surface area contributed by atoms with E-state index in [1.54, 1.807) is 32.0 Å². The van der Waals surface area contributed by atoms with Crippen LogP contribution in [0.25, 0.3) is 11.1 Å². The highest BCUT2D eigenvalue weighted by molar-refractivity contribution is 5.81. The molecule has 34 heavy (non-hydrogen) atoms. The molecule has 0 saturated heterocycles. The van der Waals surface area contributed by atoms with Gasteiger partial charge in [-0.25, -0.2) is 9.59 Å². The number of hydrogen-bond acceptors (Lipinski definition) is 5. The SMILES string of the molecule is CC1(C)Oc2ccc(CC(NC(=O)OCC3c4ccccc4-c4ccccc43)C(=O)O)cc2O1. The Hall–Kier alpha value is -4.00. The molecule has 174 valence electrons. The number of hydrogen-bond donors (Lipinski definition) is 2. The van der Waals surface area contributed by atoms with Gasteiger partial charge in [-0.1, -0.05) is 54.6 Å². The normalized spacial score (nSPS) is 15.8. The van der Waals surface area contributed by atoms with Gasteiger partial charge in [0.05, 0.1) is 0 Å². The fourth-order valence-corrected chi connectivity index (χ4v) is 4.61. The number of carbonyl (C=O) groups excluding carboxylic acids is 1. The number of fused-ring (bicyclic) bond motifs is 4. The Morgan fingerprint density at radius 2 is 1.59 bits per heavy atom. The summed E-state index contributed by atoms with van der Waals surface area (Å²) in [5.74, 6) is -0.866. The molecule has 2 aliphatic rings. The van der Waals surface area contributed by atoms with Crippen molar-refractivity contribution in [2.45, 2.75) is 38.0 Å². The molecule has 1 unspecified atom stereocenters. The molecule has 1 atom stereocenters. The third-order valence-electron chi connectivity index (χ3n) is 6.09. The van der Waals surface area contributed by atoms with Gasteiger partial charge in [0.2, 0.25) is 5.79 Å². The van der Waals surface area contributed by atoms with E-state index < -0.39 is 23.9 Å². The summed E-state index contributed by atoms with van der Waals surface area (Å²) in [5.41, 5.74) is 5.14. The van der Waals surface area contributed by atoms with Crippen molar-refractivity contribution in [1.29, 1.82) is 0 Å². The number of carboxylic acids is 1. The van der Waals surface area contributed by atoms with Gasteiger partial charge in [0.25, 0.3) is 0 Å². The predicted octanol–water partition coefficient (Wildman–Crippen LogP) is 4.73. The molecule has 7 nitrogen and oxygen atoms in total. The monoisotopic (exact) mass is 459 g/mol. The van der Waals surface area contributed by atoms with Crippen LogP contribution < -0.4 is 14.8 Å². The van der Waals surface area contributed by atoms with E-state index in [0.717, 1.165) is 22.3 Å². The molecule has 2 N–H and O–H groups in total. The van der Waals surface area contributed by atoms with Crippen LogP contribution >= 0.6 is 0 Å². The summed E-state index contributed by atoms with van der Waals surface area (Å²) >= 11 is 0. The number of amides is 1. The van der Waals surface area contributed by atoms with E-state index >= 15 is 0 Å². The summed E-state index contributed by atoms with van der Waals surface area (Å²) in [5, 5.41) is 12.2. The standard InChI is InChI=1S/C27H25NO6/c1-27(2)33-23-12-11-16(14-24(23)34-27)13-22(25(29)30)28-26(31)32-15-21-19-9-5-3-7-17(19)18-8-4-6-10-20(18)21/h3-12,14,21-22H,13,15H2,1-2H3,(H,28,31)(H,29,30). The molecule has 1 aliphatic heterocycles. The molecule has 0 saturated carbocycles. The third-order valence-corrected chi connectivity index (χ3v) is 6.09. The van der Waals surface area contributed by atoms with Crippen molar-refractivity contribution in [3.8, 4) is 22.6 Å². The average Bonchev–Trinajstić information content (AvgIpc) is 3.29. The van der Waals surface area contributed by atoms with Gasteiger partial charge in [0.1, 0.15) is 12.6 Å². The number of aliphatic carboxylic acids is 1. The van der Waals surface area contributed by atoms with Crippen molar-refractivity contribution in [3.63, 3.8) is 0 Å². The van der Waals surface area contributed by atoms with Crippen molar-refractivity contribution in [2.75, 3.05) is 6.61 Å². The van der Waals surface area contributed by atoms with E-state index in [0.29, 0.717) is 17.1 Å². The maximum Gasteiger partial charge on any atom is 0.407 e. The number of carboxylic acid groups (broad SMARTS) is 1. The molecule has 0 spiro atoms. The smallest absolute Gasteiger partial charge is 0.407 e. The largest absolute Gasteiger partial charge is 0.480 e. The summed E-state index contributed by atoms with van der Waals surface area (Å²) in [6, 6.07) is 20.2. The number of benzene rings is 3. The van der Waals surface area contributed by atoms with E-state index in [1.165, 1.54) is 0 Å². The van der Waals surface area contributed by atoms with Gasteiger partial charge in [0, 0.05) is 26.2 Å². The fourth-order valence-electron chi connectivity index (χ4n) is 4.61. The summed E-state index contributed by atoms with van der Waals surface area (Å²) in [4.78, 5) is 24.4. The maximum absolute atomic E-state index is 12.6. The molecule has 0 aromatic heterocycles. The molecule has 3 aromatic rings. The van der Waals surface area contributed by atoms with Crippen LogP contribution in [0.15, 0.2) is 66.7 Å². The van der Waals surface area contributed by atoms with Gasteiger partial charge in [-0.2, -0.15) is 0 Å². The topological polar surface area (TPSA) is 94.1 Å². The molecule has 0 fully saturated rings. The third kappa shape index (κ3) is 4.17. The van der Waals surface area contributed by atoms with E-state index in [9.17, 15) is 14.7 Å². The summed E-state index contributed by atoms with van der Waals surface area (Å²) in [6.07, 6.45) is -0.688. The average molecular weight is 459 g/mol. The van der Waals surface area contributed by atoms with Gasteiger partial charge in [-0.05, 0) is 39.9 Å². The van der Waals surface area contributed by atoms with Crippen molar-refractivity contribution in [2.24, 2.45) is 0 Å². The Morgan fingerprint density at radius 1 is 0.971 bits per heavy atom. The van der Waals surface area contributed by atoms with Crippen LogP contribution in [0, 0.1) is 0 Å². The van der Waals surface area contributed by atoms with Gasteiger partial charge in [-0.3, -0.25) is 0 Å². The van der Waals surface area contributed by atoms with Crippen LogP contribution in [0.2, 0.25) is 0 Å². The Kier molecular flexibility index (Phi) is 5.40. The van der Waals surface area contributed by atoms with Gasteiger partial charge in [-0.15, -0.1) is 0 Å². The number of nitrogens with one attached hydrogen (secondary N) is 1. The minimum atomic E-state index is -1.15. The predicted molar refractivity (Wildman–Crippen MR) is 125 cm³/mol. The molecule has 7 heteroatoms. The molecular formula is C27H25NO6. The highest BCUT2D eigenvalue weighted by atomic mass is 16.7. The lowest BCUT2D eigenvalue weighted by Gasteiger charge is -2.18. The van der Waals surface area contributed by atoms with Crippen LogP contribution in [0.5, 0.6) is 11.5 Å². The number of ether oxygens (including phenoxy) is 3. The zero-order chi connectivity index (χ0) is 23.9. The maximum atomic E-state index is 12.6. The van der Waals surface area contributed by atoms with Crippen LogP contribution in [-0.4, -0.2) is 35.6 Å². The first-order chi connectivity index (χ1) is 16.3. The van der Waals surface area contributed by atoms with Crippen molar-refractivity contribution >= 4 is 12.1 Å². The summed E-state index contributed by atoms with van der Waals surface area (Å²) < 4.78 is 16.9. The Morgan fingerprint density at radius 3 is 2.24 bits per heavy atom. The highest BCUT2D eigenvalue weighted by Gasteiger charge is 2.33. The molecule has 1 amide bonds.